The molecule has 1 saturated carbocycles. The van der Waals surface area contributed by atoms with Gasteiger partial charge in [0.25, 0.3) is 11.8 Å². The Labute approximate surface area is 240 Å². The Balaban J connectivity index is 1.57. The van der Waals surface area contributed by atoms with E-state index in [1.807, 2.05) is 18.7 Å². The molecule has 2 fully saturated rings. The van der Waals surface area contributed by atoms with Gasteiger partial charge in [-0.1, -0.05) is 25.4 Å². The van der Waals surface area contributed by atoms with Gasteiger partial charge in [0.2, 0.25) is 5.91 Å². The van der Waals surface area contributed by atoms with Gasteiger partial charge in [0.05, 0.1) is 21.5 Å². The van der Waals surface area contributed by atoms with Gasteiger partial charge in [-0.15, -0.1) is 11.3 Å². The van der Waals surface area contributed by atoms with Crippen molar-refractivity contribution in [2.24, 2.45) is 11.8 Å². The van der Waals surface area contributed by atoms with Gasteiger partial charge in [0.1, 0.15) is 12.6 Å². The van der Waals surface area contributed by atoms with Gasteiger partial charge >= 0.3 is 6.61 Å². The fourth-order valence-corrected chi connectivity index (χ4v) is 5.47. The summed E-state index contributed by atoms with van der Waals surface area (Å²) in [6.45, 7) is 2.69. The zero-order chi connectivity index (χ0) is 28.8. The van der Waals surface area contributed by atoms with Gasteiger partial charge in [-0.05, 0) is 48.9 Å². The summed E-state index contributed by atoms with van der Waals surface area (Å²) >= 11 is 7.11. The van der Waals surface area contributed by atoms with Crippen LogP contribution in [0.4, 0.5) is 20.2 Å². The average Bonchev–Trinajstić information content (AvgIpc) is 3.60. The van der Waals surface area contributed by atoms with Gasteiger partial charge in [-0.3, -0.25) is 19.3 Å². The Kier molecular flexibility index (Phi) is 10.3. The number of morpholine rings is 1. The molecule has 0 bridgehead atoms. The molecule has 4 rings (SSSR count). The lowest BCUT2D eigenvalue weighted by molar-refractivity contribution is -0.125. The Morgan fingerprint density at radius 2 is 2.02 bits per heavy atom. The predicted molar refractivity (Wildman–Crippen MR) is 149 cm³/mol. The summed E-state index contributed by atoms with van der Waals surface area (Å²) in [5.41, 5.74) is 0.391. The first-order valence-corrected chi connectivity index (χ1v) is 14.4. The van der Waals surface area contributed by atoms with E-state index in [0.29, 0.717) is 40.5 Å². The third kappa shape index (κ3) is 8.35. The van der Waals surface area contributed by atoms with Crippen molar-refractivity contribution in [2.45, 2.75) is 39.3 Å². The molecule has 1 aliphatic heterocycles. The number of thiophene rings is 1. The van der Waals surface area contributed by atoms with Crippen molar-refractivity contribution >= 4 is 52.0 Å². The van der Waals surface area contributed by atoms with Crippen LogP contribution < -0.4 is 20.3 Å². The predicted octanol–water partition coefficient (Wildman–Crippen LogP) is 4.47. The van der Waals surface area contributed by atoms with Crippen LogP contribution in [0.25, 0.3) is 0 Å². The van der Waals surface area contributed by atoms with Crippen LogP contribution in [0.15, 0.2) is 30.3 Å². The number of ether oxygens (including phenoxy) is 2. The summed E-state index contributed by atoms with van der Waals surface area (Å²) in [6.07, 6.45) is 2.13. The molecule has 40 heavy (non-hydrogen) atoms. The topological polar surface area (TPSA) is 100 Å². The fourth-order valence-electron chi connectivity index (χ4n) is 4.51. The zero-order valence-electron chi connectivity index (χ0n) is 22.3. The second-order valence-electron chi connectivity index (χ2n) is 10.3. The molecule has 0 radical (unpaired) electrons. The van der Waals surface area contributed by atoms with Gasteiger partial charge in [-0.25, -0.2) is 0 Å². The van der Waals surface area contributed by atoms with Crippen LogP contribution >= 0.6 is 22.9 Å². The van der Waals surface area contributed by atoms with E-state index >= 15 is 0 Å². The molecule has 2 aliphatic rings. The minimum absolute atomic E-state index is 0.00499. The number of benzene rings is 1. The fraction of sp³-hybridized carbons (Fsp3) is 0.519. The van der Waals surface area contributed by atoms with Gasteiger partial charge in [-0.2, -0.15) is 8.78 Å². The molecule has 0 spiro atoms. The minimum atomic E-state index is -3.15. The molecular formula is C27H33ClF2N4O5S. The normalized spacial score (nSPS) is 16.5. The average molecular weight is 599 g/mol. The van der Waals surface area contributed by atoms with Crippen LogP contribution in [0, 0.1) is 11.8 Å². The number of carbonyl (C=O) groups excluding carboxylic acids is 3. The highest BCUT2D eigenvalue weighted by atomic mass is 35.5. The molecule has 9 nitrogen and oxygen atoms in total. The number of halogens is 3. The quantitative estimate of drug-likeness (QED) is 0.353. The maximum Gasteiger partial charge on any atom is 0.387 e. The molecule has 13 heteroatoms. The molecule has 1 aromatic carbocycles. The molecule has 1 aliphatic carbocycles. The van der Waals surface area contributed by atoms with E-state index < -0.39 is 18.6 Å². The number of alkyl halides is 2. The lowest BCUT2D eigenvalue weighted by Gasteiger charge is -2.32. The number of rotatable bonds is 13. The van der Waals surface area contributed by atoms with E-state index in [1.165, 1.54) is 17.0 Å². The number of nitrogens with one attached hydrogen (secondary N) is 2. The highest BCUT2D eigenvalue weighted by Crippen LogP contribution is 2.33. The Hall–Kier alpha value is -2.80. The van der Waals surface area contributed by atoms with Gasteiger partial charge in [0.15, 0.2) is 5.75 Å². The van der Waals surface area contributed by atoms with Crippen molar-refractivity contribution in [3.8, 4) is 5.75 Å². The van der Waals surface area contributed by atoms with Crippen LogP contribution in [0.2, 0.25) is 4.34 Å². The molecule has 3 amide bonds. The first-order valence-electron chi connectivity index (χ1n) is 13.2. The highest BCUT2D eigenvalue weighted by Gasteiger charge is 2.33. The third-order valence-electron chi connectivity index (χ3n) is 6.52. The molecular weight excluding hydrogens is 566 g/mol. The summed E-state index contributed by atoms with van der Waals surface area (Å²) in [7, 11) is 0. The van der Waals surface area contributed by atoms with Crippen molar-refractivity contribution in [1.29, 1.82) is 0 Å². The summed E-state index contributed by atoms with van der Waals surface area (Å²) in [5.74, 6) is -0.702. The summed E-state index contributed by atoms with van der Waals surface area (Å²) in [4.78, 5) is 42.6. The van der Waals surface area contributed by atoms with E-state index in [4.69, 9.17) is 21.1 Å². The van der Waals surface area contributed by atoms with Crippen molar-refractivity contribution in [3.63, 3.8) is 0 Å². The van der Waals surface area contributed by atoms with Crippen LogP contribution in [0.1, 0.15) is 36.4 Å². The molecule has 2 heterocycles. The number of anilines is 2. The maximum atomic E-state index is 13.7. The Bertz CT molecular complexity index is 1210. The lowest BCUT2D eigenvalue weighted by Crippen LogP contribution is -2.52. The third-order valence-corrected chi connectivity index (χ3v) is 7.75. The summed E-state index contributed by atoms with van der Waals surface area (Å²) in [5, 5.41) is 5.57. The second-order valence-corrected chi connectivity index (χ2v) is 12.0. The molecule has 1 aromatic heterocycles. The van der Waals surface area contributed by atoms with E-state index in [1.54, 1.807) is 18.2 Å². The van der Waals surface area contributed by atoms with Crippen molar-refractivity contribution in [3.05, 3.63) is 39.5 Å². The van der Waals surface area contributed by atoms with Crippen LogP contribution in [0.3, 0.4) is 0 Å². The first-order chi connectivity index (χ1) is 19.1. The molecule has 1 atom stereocenters. The number of carbonyl (C=O) groups is 3. The SMILES string of the molecule is CC(C)CN(CC1CC1)[C@H](CNC(=O)c1ccc(Cl)s1)C(=O)Nc1ccc(N2CCOCC2=O)cc1OC(F)F. The Morgan fingerprint density at radius 3 is 2.65 bits per heavy atom. The van der Waals surface area contributed by atoms with E-state index in [9.17, 15) is 23.2 Å². The minimum Gasteiger partial charge on any atom is -0.433 e. The lowest BCUT2D eigenvalue weighted by atomic mass is 10.1. The van der Waals surface area contributed by atoms with Crippen molar-refractivity contribution < 1.29 is 32.6 Å². The zero-order valence-corrected chi connectivity index (χ0v) is 23.9. The van der Waals surface area contributed by atoms with E-state index in [-0.39, 0.29) is 48.9 Å². The first kappa shape index (κ1) is 30.2. The maximum absolute atomic E-state index is 13.7. The standard InChI is InChI=1S/C27H33ClF2N4O5S/c1-16(2)13-33(14-17-3-4-17)20(12-31-26(37)22-7-8-23(28)40-22)25(36)32-19-6-5-18(11-21(19)39-27(29)30)34-9-10-38-15-24(34)35/h5-8,11,16-17,20,27H,3-4,9-10,12-15H2,1-2H3,(H,31,37)(H,32,36)/t20-/m1/s1. The molecule has 0 unspecified atom stereocenters. The number of amides is 3. The molecule has 218 valence electrons. The molecule has 2 N–H and O–H groups in total. The monoisotopic (exact) mass is 598 g/mol. The van der Waals surface area contributed by atoms with Gasteiger partial charge < -0.3 is 25.0 Å². The summed E-state index contributed by atoms with van der Waals surface area (Å²) in [6, 6.07) is 6.76. The van der Waals surface area contributed by atoms with Crippen LogP contribution in [-0.4, -0.2) is 74.7 Å². The van der Waals surface area contributed by atoms with Crippen molar-refractivity contribution in [2.75, 3.05) is 49.6 Å². The Morgan fingerprint density at radius 1 is 1.25 bits per heavy atom. The molecule has 2 aromatic rings. The summed E-state index contributed by atoms with van der Waals surface area (Å²) < 4.78 is 37.0. The van der Waals surface area contributed by atoms with Gasteiger partial charge in [0, 0.05) is 37.9 Å². The number of nitrogens with zero attached hydrogens (tertiary/aromatic N) is 2. The van der Waals surface area contributed by atoms with Crippen LogP contribution in [-0.2, 0) is 14.3 Å². The smallest absolute Gasteiger partial charge is 0.387 e. The van der Waals surface area contributed by atoms with E-state index in [2.05, 4.69) is 10.6 Å². The van der Waals surface area contributed by atoms with E-state index in [0.717, 1.165) is 24.2 Å². The number of hydrogen-bond acceptors (Lipinski definition) is 7. The second kappa shape index (κ2) is 13.7. The highest BCUT2D eigenvalue weighted by molar-refractivity contribution is 7.18. The number of hydrogen-bond donors (Lipinski definition) is 2. The van der Waals surface area contributed by atoms with Crippen molar-refractivity contribution in [1.82, 2.24) is 10.2 Å². The van der Waals surface area contributed by atoms with Crippen LogP contribution in [0.5, 0.6) is 5.75 Å². The molecule has 1 saturated heterocycles. The largest absolute Gasteiger partial charge is 0.433 e.